The third-order valence-corrected chi connectivity index (χ3v) is 4.57. The van der Waals surface area contributed by atoms with Crippen LogP contribution in [0.4, 0.5) is 5.69 Å². The van der Waals surface area contributed by atoms with Crippen molar-refractivity contribution in [1.29, 1.82) is 0 Å². The molecule has 0 spiro atoms. The SMILES string of the molecule is COc1cc(CN2CCC[C@@H]2c2cccc(C)n2)c([N+](=O)[O-])cc1O. The Hall–Kier alpha value is -2.67. The molecule has 0 radical (unpaired) electrons. The summed E-state index contributed by atoms with van der Waals surface area (Å²) < 4.78 is 5.11. The van der Waals surface area contributed by atoms with Gasteiger partial charge in [-0.2, -0.15) is 0 Å². The van der Waals surface area contributed by atoms with E-state index in [0.29, 0.717) is 12.1 Å². The topological polar surface area (TPSA) is 88.7 Å². The summed E-state index contributed by atoms with van der Waals surface area (Å²) in [4.78, 5) is 17.7. The number of nitro benzene ring substituents is 1. The minimum atomic E-state index is -0.468. The van der Waals surface area contributed by atoms with Gasteiger partial charge < -0.3 is 9.84 Å². The molecule has 7 heteroatoms. The number of pyridine rings is 1. The zero-order valence-electron chi connectivity index (χ0n) is 14.3. The number of ether oxygens (including phenoxy) is 1. The molecule has 0 bridgehead atoms. The lowest BCUT2D eigenvalue weighted by molar-refractivity contribution is -0.385. The van der Waals surface area contributed by atoms with Crippen LogP contribution in [-0.4, -0.2) is 33.6 Å². The van der Waals surface area contributed by atoms with Crippen molar-refractivity contribution in [2.45, 2.75) is 32.4 Å². The first-order valence-electron chi connectivity index (χ1n) is 8.21. The number of aromatic nitrogens is 1. The Labute approximate surface area is 146 Å². The van der Waals surface area contributed by atoms with E-state index in [9.17, 15) is 15.2 Å². The molecular weight excluding hydrogens is 322 g/mol. The average molecular weight is 343 g/mol. The number of phenolic OH excluding ortho intramolecular Hbond substituents is 1. The fraction of sp³-hybridized carbons (Fsp3) is 0.389. The lowest BCUT2D eigenvalue weighted by Gasteiger charge is -2.24. The van der Waals surface area contributed by atoms with E-state index in [2.05, 4.69) is 9.88 Å². The van der Waals surface area contributed by atoms with Crippen LogP contribution in [0.2, 0.25) is 0 Å². The molecule has 2 heterocycles. The van der Waals surface area contributed by atoms with Crippen molar-refractivity contribution in [3.63, 3.8) is 0 Å². The molecule has 0 aliphatic carbocycles. The fourth-order valence-corrected chi connectivity index (χ4v) is 3.38. The average Bonchev–Trinajstić information content (AvgIpc) is 3.04. The molecule has 0 unspecified atom stereocenters. The molecule has 1 aromatic heterocycles. The van der Waals surface area contributed by atoms with Crippen LogP contribution in [0.15, 0.2) is 30.3 Å². The number of benzene rings is 1. The highest BCUT2D eigenvalue weighted by atomic mass is 16.6. The van der Waals surface area contributed by atoms with Gasteiger partial charge in [0.05, 0.1) is 29.8 Å². The zero-order chi connectivity index (χ0) is 18.0. The van der Waals surface area contributed by atoms with Crippen molar-refractivity contribution >= 4 is 5.69 Å². The lowest BCUT2D eigenvalue weighted by Crippen LogP contribution is -2.24. The van der Waals surface area contributed by atoms with Gasteiger partial charge in [-0.05, 0) is 44.5 Å². The standard InChI is InChI=1S/C18H21N3O4/c1-12-5-3-6-14(19-12)15-7-4-8-20(15)11-13-9-18(25-2)17(22)10-16(13)21(23)24/h3,5-6,9-10,15,22H,4,7-8,11H2,1-2H3/t15-/m1/s1. The summed E-state index contributed by atoms with van der Waals surface area (Å²) in [5.74, 6) is 0.0151. The summed E-state index contributed by atoms with van der Waals surface area (Å²) in [7, 11) is 1.43. The van der Waals surface area contributed by atoms with Gasteiger partial charge >= 0.3 is 0 Å². The molecule has 1 fully saturated rings. The van der Waals surface area contributed by atoms with E-state index < -0.39 is 4.92 Å². The largest absolute Gasteiger partial charge is 0.504 e. The monoisotopic (exact) mass is 343 g/mol. The van der Waals surface area contributed by atoms with E-state index in [1.807, 2.05) is 25.1 Å². The maximum Gasteiger partial charge on any atom is 0.277 e. The van der Waals surface area contributed by atoms with Crippen LogP contribution in [0.25, 0.3) is 0 Å². The van der Waals surface area contributed by atoms with E-state index in [0.717, 1.165) is 36.8 Å². The number of nitro groups is 1. The number of phenols is 1. The zero-order valence-corrected chi connectivity index (χ0v) is 14.3. The second-order valence-electron chi connectivity index (χ2n) is 6.24. The van der Waals surface area contributed by atoms with Crippen molar-refractivity contribution in [1.82, 2.24) is 9.88 Å². The summed E-state index contributed by atoms with van der Waals surface area (Å²) in [6.45, 7) is 3.21. The second-order valence-corrected chi connectivity index (χ2v) is 6.24. The number of methoxy groups -OCH3 is 1. The number of aryl methyl sites for hydroxylation is 1. The van der Waals surface area contributed by atoms with E-state index in [1.165, 1.54) is 7.11 Å². The molecule has 25 heavy (non-hydrogen) atoms. The number of hydrogen-bond acceptors (Lipinski definition) is 6. The summed E-state index contributed by atoms with van der Waals surface area (Å²) in [5, 5.41) is 21.2. The molecular formula is C18H21N3O4. The molecule has 1 aliphatic heterocycles. The molecule has 132 valence electrons. The van der Waals surface area contributed by atoms with Crippen molar-refractivity contribution in [2.75, 3.05) is 13.7 Å². The third-order valence-electron chi connectivity index (χ3n) is 4.57. The Morgan fingerprint density at radius 3 is 2.92 bits per heavy atom. The fourth-order valence-electron chi connectivity index (χ4n) is 3.38. The Morgan fingerprint density at radius 2 is 2.24 bits per heavy atom. The Bertz CT molecular complexity index is 794. The summed E-state index contributed by atoms with van der Waals surface area (Å²) in [6.07, 6.45) is 1.99. The van der Waals surface area contributed by atoms with Crippen LogP contribution in [0, 0.1) is 17.0 Å². The van der Waals surface area contributed by atoms with Gasteiger partial charge in [0, 0.05) is 17.8 Å². The van der Waals surface area contributed by atoms with Crippen molar-refractivity contribution in [2.24, 2.45) is 0 Å². The van der Waals surface area contributed by atoms with Crippen molar-refractivity contribution < 1.29 is 14.8 Å². The van der Waals surface area contributed by atoms with Gasteiger partial charge in [0.1, 0.15) is 0 Å². The summed E-state index contributed by atoms with van der Waals surface area (Å²) in [6, 6.07) is 8.79. The molecule has 2 aromatic rings. The van der Waals surface area contributed by atoms with Crippen LogP contribution in [0.5, 0.6) is 11.5 Å². The number of rotatable bonds is 5. The maximum atomic E-state index is 11.4. The first kappa shape index (κ1) is 17.2. The minimum absolute atomic E-state index is 0.0962. The highest BCUT2D eigenvalue weighted by molar-refractivity contribution is 5.53. The van der Waals surface area contributed by atoms with Gasteiger partial charge in [-0.3, -0.25) is 20.0 Å². The molecule has 0 amide bonds. The van der Waals surface area contributed by atoms with E-state index in [4.69, 9.17) is 4.74 Å². The van der Waals surface area contributed by atoms with Crippen LogP contribution in [-0.2, 0) is 6.54 Å². The Balaban J connectivity index is 1.91. The third kappa shape index (κ3) is 3.56. The predicted molar refractivity (Wildman–Crippen MR) is 92.7 cm³/mol. The lowest BCUT2D eigenvalue weighted by atomic mass is 10.1. The van der Waals surface area contributed by atoms with E-state index in [-0.39, 0.29) is 23.2 Å². The minimum Gasteiger partial charge on any atom is -0.504 e. The van der Waals surface area contributed by atoms with Gasteiger partial charge in [-0.15, -0.1) is 0 Å². The number of aromatic hydroxyl groups is 1. The molecule has 1 aliphatic rings. The summed E-state index contributed by atoms with van der Waals surface area (Å²) >= 11 is 0. The van der Waals surface area contributed by atoms with Crippen LogP contribution < -0.4 is 4.74 Å². The van der Waals surface area contributed by atoms with Gasteiger partial charge in [0.25, 0.3) is 5.69 Å². The molecule has 0 saturated carbocycles. The van der Waals surface area contributed by atoms with Crippen LogP contribution >= 0.6 is 0 Å². The number of nitrogens with zero attached hydrogens (tertiary/aromatic N) is 3. The maximum absolute atomic E-state index is 11.4. The van der Waals surface area contributed by atoms with Crippen LogP contribution in [0.1, 0.15) is 35.8 Å². The Kier molecular flexibility index (Phi) is 4.85. The molecule has 7 nitrogen and oxygen atoms in total. The molecule has 1 aromatic carbocycles. The quantitative estimate of drug-likeness (QED) is 0.661. The normalized spacial score (nSPS) is 17.6. The smallest absolute Gasteiger partial charge is 0.277 e. The number of likely N-dealkylation sites (tertiary alicyclic amines) is 1. The number of hydrogen-bond donors (Lipinski definition) is 1. The van der Waals surface area contributed by atoms with Crippen molar-refractivity contribution in [3.05, 3.63) is 57.4 Å². The molecule has 3 rings (SSSR count). The van der Waals surface area contributed by atoms with E-state index >= 15 is 0 Å². The first-order valence-corrected chi connectivity index (χ1v) is 8.21. The van der Waals surface area contributed by atoms with Gasteiger partial charge in [0.2, 0.25) is 0 Å². The van der Waals surface area contributed by atoms with Crippen molar-refractivity contribution in [3.8, 4) is 11.5 Å². The van der Waals surface area contributed by atoms with Gasteiger partial charge in [-0.25, -0.2) is 0 Å². The highest BCUT2D eigenvalue weighted by Crippen LogP contribution is 2.37. The molecule has 1 atom stereocenters. The second kappa shape index (κ2) is 7.06. The van der Waals surface area contributed by atoms with Gasteiger partial charge in [0.15, 0.2) is 11.5 Å². The van der Waals surface area contributed by atoms with Gasteiger partial charge in [-0.1, -0.05) is 6.07 Å². The first-order chi connectivity index (χ1) is 12.0. The molecule has 1 saturated heterocycles. The highest BCUT2D eigenvalue weighted by Gasteiger charge is 2.29. The predicted octanol–water partition coefficient (Wildman–Crippen LogP) is 3.35. The molecule has 1 N–H and O–H groups in total. The Morgan fingerprint density at radius 1 is 1.44 bits per heavy atom. The van der Waals surface area contributed by atoms with Crippen LogP contribution in [0.3, 0.4) is 0 Å². The summed E-state index contributed by atoms with van der Waals surface area (Å²) in [5.41, 5.74) is 2.38. The van der Waals surface area contributed by atoms with E-state index in [1.54, 1.807) is 6.07 Å².